The number of carbonyl (C=O) groups excluding carboxylic acids is 1. The Kier molecular flexibility index (Phi) is 4.35. The highest BCUT2D eigenvalue weighted by molar-refractivity contribution is 9.10. The van der Waals surface area contributed by atoms with Crippen molar-refractivity contribution in [2.24, 2.45) is 0 Å². The lowest BCUT2D eigenvalue weighted by atomic mass is 10.2. The Morgan fingerprint density at radius 2 is 2.43 bits per heavy atom. The van der Waals surface area contributed by atoms with Crippen molar-refractivity contribution in [3.8, 4) is 0 Å². The second-order valence-corrected chi connectivity index (χ2v) is 3.70. The summed E-state index contributed by atoms with van der Waals surface area (Å²) in [5, 5.41) is 0.514. The maximum absolute atomic E-state index is 11.2. The molecule has 0 radical (unpaired) electrons. The molecule has 1 aromatic rings. The summed E-state index contributed by atoms with van der Waals surface area (Å²) < 4.78 is 5.39. The fraction of sp³-hybridized carbons (Fsp3) is 0.333. The van der Waals surface area contributed by atoms with Gasteiger partial charge < -0.3 is 4.74 Å². The van der Waals surface area contributed by atoms with Crippen LogP contribution in [0.5, 0.6) is 0 Å². The molecule has 0 N–H and O–H groups in total. The first-order valence-corrected chi connectivity index (χ1v) is 5.26. The summed E-state index contributed by atoms with van der Waals surface area (Å²) in [5.74, 6) is -0.303. The molecule has 5 heteroatoms. The van der Waals surface area contributed by atoms with Crippen LogP contribution in [0.4, 0.5) is 0 Å². The van der Waals surface area contributed by atoms with Gasteiger partial charge in [-0.1, -0.05) is 11.6 Å². The highest BCUT2D eigenvalue weighted by Gasteiger charge is 2.11. The summed E-state index contributed by atoms with van der Waals surface area (Å²) >= 11 is 9.12. The molecule has 0 bridgehead atoms. The summed E-state index contributed by atoms with van der Waals surface area (Å²) in [5.41, 5.74) is 0.660. The number of rotatable bonds is 3. The van der Waals surface area contributed by atoms with E-state index in [0.29, 0.717) is 21.8 Å². The third-order valence-electron chi connectivity index (χ3n) is 1.57. The van der Waals surface area contributed by atoms with E-state index in [9.17, 15) is 4.79 Å². The zero-order chi connectivity index (χ0) is 10.6. The summed E-state index contributed by atoms with van der Waals surface area (Å²) in [4.78, 5) is 15.2. The molecule has 0 amide bonds. The molecule has 0 saturated heterocycles. The average Bonchev–Trinajstić information content (AvgIpc) is 2.12. The minimum atomic E-state index is -0.303. The Hall–Kier alpha value is -0.610. The van der Waals surface area contributed by atoms with E-state index in [-0.39, 0.29) is 12.4 Å². The molecule has 0 unspecified atom stereocenters. The first kappa shape index (κ1) is 11.5. The predicted octanol–water partition coefficient (Wildman–Crippen LogP) is 2.60. The van der Waals surface area contributed by atoms with Crippen LogP contribution in [-0.2, 0) is 16.0 Å². The van der Waals surface area contributed by atoms with Gasteiger partial charge in [0.05, 0.1) is 13.0 Å². The van der Waals surface area contributed by atoms with Crippen LogP contribution < -0.4 is 0 Å². The molecule has 1 rings (SSSR count). The van der Waals surface area contributed by atoms with Crippen LogP contribution in [0.3, 0.4) is 0 Å². The zero-order valence-electron chi connectivity index (χ0n) is 7.59. The molecular weight excluding hydrogens is 269 g/mol. The van der Waals surface area contributed by atoms with Crippen molar-refractivity contribution < 1.29 is 9.53 Å². The smallest absolute Gasteiger partial charge is 0.310 e. The molecule has 76 valence electrons. The van der Waals surface area contributed by atoms with E-state index in [1.807, 2.05) is 0 Å². The Morgan fingerprint density at radius 1 is 1.71 bits per heavy atom. The van der Waals surface area contributed by atoms with E-state index in [1.54, 1.807) is 19.2 Å². The van der Waals surface area contributed by atoms with Gasteiger partial charge in [-0.15, -0.1) is 0 Å². The van der Waals surface area contributed by atoms with Gasteiger partial charge in [0.1, 0.15) is 4.60 Å². The number of hydrogen-bond donors (Lipinski definition) is 0. The highest BCUT2D eigenvalue weighted by atomic mass is 79.9. The summed E-state index contributed by atoms with van der Waals surface area (Å²) in [7, 11) is 0. The molecule has 0 aliphatic carbocycles. The molecule has 3 nitrogen and oxygen atoms in total. The van der Waals surface area contributed by atoms with Crippen LogP contribution in [-0.4, -0.2) is 17.6 Å². The molecule has 1 heterocycles. The van der Waals surface area contributed by atoms with Gasteiger partial charge in [0.2, 0.25) is 0 Å². The number of nitrogens with zero attached hydrogens (tertiary/aromatic N) is 1. The minimum Gasteiger partial charge on any atom is -0.466 e. The van der Waals surface area contributed by atoms with Gasteiger partial charge in [-0.3, -0.25) is 4.79 Å². The van der Waals surface area contributed by atoms with E-state index >= 15 is 0 Å². The lowest BCUT2D eigenvalue weighted by molar-refractivity contribution is -0.142. The van der Waals surface area contributed by atoms with Gasteiger partial charge in [-0.25, -0.2) is 4.98 Å². The fourth-order valence-electron chi connectivity index (χ4n) is 0.959. The van der Waals surface area contributed by atoms with Crippen LogP contribution in [0.25, 0.3) is 0 Å². The van der Waals surface area contributed by atoms with Gasteiger partial charge in [0, 0.05) is 16.8 Å². The highest BCUT2D eigenvalue weighted by Crippen LogP contribution is 2.22. The molecule has 0 aliphatic rings. The zero-order valence-corrected chi connectivity index (χ0v) is 9.93. The molecule has 14 heavy (non-hydrogen) atoms. The summed E-state index contributed by atoms with van der Waals surface area (Å²) in [6.45, 7) is 2.13. The fourth-order valence-corrected chi connectivity index (χ4v) is 1.76. The summed E-state index contributed by atoms with van der Waals surface area (Å²) in [6.07, 6.45) is 1.71. The molecule has 0 saturated carbocycles. The SMILES string of the molecule is CCOC(=O)Cc1c(Cl)ccnc1Br. The van der Waals surface area contributed by atoms with E-state index in [4.69, 9.17) is 16.3 Å². The lowest BCUT2D eigenvalue weighted by Crippen LogP contribution is -2.08. The molecular formula is C9H9BrClNO2. The second kappa shape index (κ2) is 5.32. The molecule has 0 spiro atoms. The van der Waals surface area contributed by atoms with Crippen LogP contribution in [0.2, 0.25) is 5.02 Å². The van der Waals surface area contributed by atoms with Gasteiger partial charge in [-0.05, 0) is 28.9 Å². The van der Waals surface area contributed by atoms with Gasteiger partial charge in [0.25, 0.3) is 0 Å². The first-order chi connectivity index (χ1) is 6.65. The maximum Gasteiger partial charge on any atom is 0.310 e. The molecule has 1 aromatic heterocycles. The Bertz CT molecular complexity index is 323. The van der Waals surface area contributed by atoms with E-state index in [1.165, 1.54) is 0 Å². The molecule has 0 aromatic carbocycles. The van der Waals surface area contributed by atoms with Crippen molar-refractivity contribution in [1.29, 1.82) is 0 Å². The lowest BCUT2D eigenvalue weighted by Gasteiger charge is -2.05. The number of halogens is 2. The van der Waals surface area contributed by atoms with E-state index in [2.05, 4.69) is 20.9 Å². The number of esters is 1. The van der Waals surface area contributed by atoms with Crippen molar-refractivity contribution in [2.75, 3.05) is 6.61 Å². The van der Waals surface area contributed by atoms with Crippen LogP contribution in [0, 0.1) is 0 Å². The van der Waals surface area contributed by atoms with Gasteiger partial charge in [-0.2, -0.15) is 0 Å². The Labute approximate surface area is 95.6 Å². The van der Waals surface area contributed by atoms with Gasteiger partial charge in [0.15, 0.2) is 0 Å². The first-order valence-electron chi connectivity index (χ1n) is 4.09. The van der Waals surface area contributed by atoms with E-state index < -0.39 is 0 Å². The minimum absolute atomic E-state index is 0.140. The molecule has 0 atom stereocenters. The third-order valence-corrected chi connectivity index (χ3v) is 2.61. The number of hydrogen-bond acceptors (Lipinski definition) is 3. The van der Waals surface area contributed by atoms with Crippen molar-refractivity contribution >= 4 is 33.5 Å². The quantitative estimate of drug-likeness (QED) is 0.630. The maximum atomic E-state index is 11.2. The third kappa shape index (κ3) is 2.96. The number of carbonyl (C=O) groups is 1. The van der Waals surface area contributed by atoms with Crippen molar-refractivity contribution in [2.45, 2.75) is 13.3 Å². The molecule has 0 fully saturated rings. The number of pyridine rings is 1. The van der Waals surface area contributed by atoms with Crippen molar-refractivity contribution in [3.05, 3.63) is 27.5 Å². The Balaban J connectivity index is 2.80. The largest absolute Gasteiger partial charge is 0.466 e. The van der Waals surface area contributed by atoms with E-state index in [0.717, 1.165) is 0 Å². The standard InChI is InChI=1S/C9H9BrClNO2/c1-2-14-8(13)5-6-7(11)3-4-12-9(6)10/h3-4H,2,5H2,1H3. The Morgan fingerprint density at radius 3 is 3.00 bits per heavy atom. The normalized spacial score (nSPS) is 9.93. The van der Waals surface area contributed by atoms with Crippen LogP contribution in [0.1, 0.15) is 12.5 Å². The monoisotopic (exact) mass is 277 g/mol. The van der Waals surface area contributed by atoms with Crippen LogP contribution in [0.15, 0.2) is 16.9 Å². The second-order valence-electron chi connectivity index (χ2n) is 2.54. The van der Waals surface area contributed by atoms with Crippen LogP contribution >= 0.6 is 27.5 Å². The number of aromatic nitrogens is 1. The summed E-state index contributed by atoms with van der Waals surface area (Å²) in [6, 6.07) is 1.64. The molecule has 0 aliphatic heterocycles. The number of ether oxygens (including phenoxy) is 1. The average molecular weight is 279 g/mol. The van der Waals surface area contributed by atoms with Crippen molar-refractivity contribution in [3.63, 3.8) is 0 Å². The van der Waals surface area contributed by atoms with Gasteiger partial charge >= 0.3 is 5.97 Å². The predicted molar refractivity (Wildman–Crippen MR) is 57.3 cm³/mol. The van der Waals surface area contributed by atoms with Crippen molar-refractivity contribution in [1.82, 2.24) is 4.98 Å². The topological polar surface area (TPSA) is 39.2 Å².